The number of carbonyl (C=O) groups excluding carboxylic acids is 2. The van der Waals surface area contributed by atoms with Crippen molar-refractivity contribution in [1.29, 1.82) is 0 Å². The maximum absolute atomic E-state index is 11.9. The molecule has 6 heteroatoms. The number of benzene rings is 1. The quantitative estimate of drug-likeness (QED) is 0.409. The Labute approximate surface area is 159 Å². The fourth-order valence-electron chi connectivity index (χ4n) is 2.93. The van der Waals surface area contributed by atoms with Gasteiger partial charge in [-0.1, -0.05) is 31.4 Å². The first-order valence-electron chi connectivity index (χ1n) is 8.88. The van der Waals surface area contributed by atoms with Crippen LogP contribution in [0.2, 0.25) is 5.02 Å². The third kappa shape index (κ3) is 7.70. The van der Waals surface area contributed by atoms with Crippen LogP contribution in [0.25, 0.3) is 0 Å². The van der Waals surface area contributed by atoms with E-state index in [1.165, 1.54) is 6.42 Å². The Balaban J connectivity index is 1.55. The maximum atomic E-state index is 11.9. The first-order chi connectivity index (χ1) is 12.0. The van der Waals surface area contributed by atoms with Gasteiger partial charge in [0.1, 0.15) is 0 Å². The molecular weight excluding hydrogens is 358 g/mol. The van der Waals surface area contributed by atoms with Gasteiger partial charge in [-0.25, -0.2) is 0 Å². The van der Waals surface area contributed by atoms with Gasteiger partial charge >= 0.3 is 5.97 Å². The summed E-state index contributed by atoms with van der Waals surface area (Å²) in [6.45, 7) is 1.99. The van der Waals surface area contributed by atoms with E-state index in [1.54, 1.807) is 11.8 Å². The summed E-state index contributed by atoms with van der Waals surface area (Å²) in [6, 6.07) is 7.84. The second kappa shape index (κ2) is 10.7. The highest BCUT2D eigenvalue weighted by molar-refractivity contribution is 7.99. The summed E-state index contributed by atoms with van der Waals surface area (Å²) in [4.78, 5) is 24.8. The van der Waals surface area contributed by atoms with Crippen LogP contribution in [0.3, 0.4) is 0 Å². The molecule has 0 radical (unpaired) electrons. The molecule has 0 spiro atoms. The van der Waals surface area contributed by atoms with Crippen LogP contribution in [0, 0.1) is 5.92 Å². The fourth-order valence-corrected chi connectivity index (χ4v) is 3.91. The second-order valence-corrected chi connectivity index (χ2v) is 8.11. The number of rotatable bonds is 8. The Morgan fingerprint density at radius 2 is 1.96 bits per heavy atom. The molecule has 0 saturated heterocycles. The first-order valence-corrected chi connectivity index (χ1v) is 10.2. The van der Waals surface area contributed by atoms with Gasteiger partial charge < -0.3 is 10.1 Å². The van der Waals surface area contributed by atoms with Crippen LogP contribution in [0.15, 0.2) is 29.2 Å². The molecule has 4 nitrogen and oxygen atoms in total. The van der Waals surface area contributed by atoms with Crippen molar-refractivity contribution in [2.75, 3.05) is 12.4 Å². The molecule has 1 amide bonds. The molecule has 2 atom stereocenters. The molecule has 2 rings (SSSR count). The zero-order chi connectivity index (χ0) is 18.1. The summed E-state index contributed by atoms with van der Waals surface area (Å²) in [5.74, 6) is 0.812. The van der Waals surface area contributed by atoms with E-state index in [1.807, 2.05) is 24.3 Å². The van der Waals surface area contributed by atoms with Gasteiger partial charge in [0.05, 0.1) is 0 Å². The Bertz CT molecular complexity index is 564. The number of amides is 1. The minimum atomic E-state index is -0.316. The van der Waals surface area contributed by atoms with Crippen LogP contribution in [0.1, 0.15) is 45.4 Å². The van der Waals surface area contributed by atoms with Crippen LogP contribution >= 0.6 is 23.4 Å². The lowest BCUT2D eigenvalue weighted by Gasteiger charge is -2.29. The number of nitrogens with one attached hydrogen (secondary N) is 1. The third-order valence-electron chi connectivity index (χ3n) is 4.43. The molecule has 1 N–H and O–H groups in total. The molecule has 0 aromatic heterocycles. The van der Waals surface area contributed by atoms with Gasteiger partial charge in [-0.15, -0.1) is 11.8 Å². The van der Waals surface area contributed by atoms with Gasteiger partial charge in [0, 0.05) is 22.4 Å². The molecule has 138 valence electrons. The third-order valence-corrected chi connectivity index (χ3v) is 5.78. The maximum Gasteiger partial charge on any atom is 0.306 e. The van der Waals surface area contributed by atoms with Crippen LogP contribution in [-0.4, -0.2) is 30.3 Å². The first kappa shape index (κ1) is 20.1. The fraction of sp³-hybridized carbons (Fsp3) is 0.579. The van der Waals surface area contributed by atoms with Crippen LogP contribution in [0.5, 0.6) is 0 Å². The smallest absolute Gasteiger partial charge is 0.306 e. The number of ether oxygens (including phenoxy) is 1. The minimum Gasteiger partial charge on any atom is -0.456 e. The van der Waals surface area contributed by atoms with E-state index in [-0.39, 0.29) is 24.5 Å². The molecule has 1 saturated carbocycles. The molecule has 0 aliphatic heterocycles. The molecule has 0 bridgehead atoms. The van der Waals surface area contributed by atoms with E-state index in [0.717, 1.165) is 29.9 Å². The molecule has 1 aliphatic rings. The van der Waals surface area contributed by atoms with Crippen molar-refractivity contribution in [2.45, 2.75) is 56.4 Å². The number of esters is 1. The van der Waals surface area contributed by atoms with Crippen molar-refractivity contribution in [3.63, 3.8) is 0 Å². The second-order valence-electron chi connectivity index (χ2n) is 6.50. The average Bonchev–Trinajstić information content (AvgIpc) is 2.60. The minimum absolute atomic E-state index is 0.174. The van der Waals surface area contributed by atoms with Crippen LogP contribution < -0.4 is 5.32 Å². The topological polar surface area (TPSA) is 55.4 Å². The Kier molecular flexibility index (Phi) is 8.62. The van der Waals surface area contributed by atoms with Crippen molar-refractivity contribution >= 4 is 35.2 Å². The van der Waals surface area contributed by atoms with Crippen molar-refractivity contribution in [3.8, 4) is 0 Å². The van der Waals surface area contributed by atoms with Gasteiger partial charge in [0.25, 0.3) is 5.91 Å². The zero-order valence-electron chi connectivity index (χ0n) is 14.6. The highest BCUT2D eigenvalue weighted by Crippen LogP contribution is 2.23. The molecular formula is C19H26ClNO3S. The van der Waals surface area contributed by atoms with Gasteiger partial charge in [-0.05, 0) is 55.2 Å². The molecule has 0 heterocycles. The van der Waals surface area contributed by atoms with E-state index in [4.69, 9.17) is 16.3 Å². The summed E-state index contributed by atoms with van der Waals surface area (Å²) >= 11 is 7.51. The predicted molar refractivity (Wildman–Crippen MR) is 102 cm³/mol. The average molecular weight is 384 g/mol. The molecule has 0 unspecified atom stereocenters. The predicted octanol–water partition coefficient (Wildman–Crippen LogP) is 4.45. The van der Waals surface area contributed by atoms with Crippen LogP contribution in [0.4, 0.5) is 0 Å². The lowest BCUT2D eigenvalue weighted by Crippen LogP contribution is -2.42. The zero-order valence-corrected chi connectivity index (χ0v) is 16.2. The number of hydrogen-bond donors (Lipinski definition) is 1. The molecule has 1 aromatic carbocycles. The SMILES string of the molecule is C[C@H]1CCCC[C@@H]1NC(=O)COC(=O)CCCSc1ccc(Cl)cc1. The molecule has 25 heavy (non-hydrogen) atoms. The normalized spacial score (nSPS) is 20.1. The Morgan fingerprint density at radius 1 is 1.24 bits per heavy atom. The van der Waals surface area contributed by atoms with E-state index in [2.05, 4.69) is 12.2 Å². The summed E-state index contributed by atoms with van der Waals surface area (Å²) in [6.07, 6.45) is 5.59. The Morgan fingerprint density at radius 3 is 2.68 bits per heavy atom. The van der Waals surface area contributed by atoms with Crippen LogP contribution in [-0.2, 0) is 14.3 Å². The number of thioether (sulfide) groups is 1. The van der Waals surface area contributed by atoms with Crippen molar-refractivity contribution in [1.82, 2.24) is 5.32 Å². The van der Waals surface area contributed by atoms with E-state index in [0.29, 0.717) is 23.8 Å². The lowest BCUT2D eigenvalue weighted by molar-refractivity contribution is -0.148. The van der Waals surface area contributed by atoms with E-state index >= 15 is 0 Å². The molecule has 1 fully saturated rings. The lowest BCUT2D eigenvalue weighted by atomic mass is 9.86. The summed E-state index contributed by atoms with van der Waals surface area (Å²) < 4.78 is 5.07. The Hall–Kier alpha value is -1.20. The summed E-state index contributed by atoms with van der Waals surface area (Å²) in [7, 11) is 0. The van der Waals surface area contributed by atoms with E-state index < -0.39 is 0 Å². The number of halogens is 1. The highest BCUT2D eigenvalue weighted by Gasteiger charge is 2.23. The number of carbonyl (C=O) groups is 2. The van der Waals surface area contributed by atoms with Gasteiger partial charge in [0.2, 0.25) is 0 Å². The van der Waals surface area contributed by atoms with Crippen molar-refractivity contribution < 1.29 is 14.3 Å². The molecule has 1 aliphatic carbocycles. The monoisotopic (exact) mass is 383 g/mol. The van der Waals surface area contributed by atoms with Gasteiger partial charge in [-0.2, -0.15) is 0 Å². The number of hydrogen-bond acceptors (Lipinski definition) is 4. The van der Waals surface area contributed by atoms with Gasteiger partial charge in [0.15, 0.2) is 6.61 Å². The standard InChI is InChI=1S/C19H26ClNO3S/c1-14-5-2-3-6-17(14)21-18(22)13-24-19(23)7-4-12-25-16-10-8-15(20)9-11-16/h8-11,14,17H,2-7,12-13H2,1H3,(H,21,22)/t14-,17-/m0/s1. The summed E-state index contributed by atoms with van der Waals surface area (Å²) in [5, 5.41) is 3.70. The molecule has 1 aromatic rings. The van der Waals surface area contributed by atoms with Crippen molar-refractivity contribution in [2.24, 2.45) is 5.92 Å². The van der Waals surface area contributed by atoms with E-state index in [9.17, 15) is 9.59 Å². The summed E-state index contributed by atoms with van der Waals surface area (Å²) in [5.41, 5.74) is 0. The van der Waals surface area contributed by atoms with Crippen molar-refractivity contribution in [3.05, 3.63) is 29.3 Å². The van der Waals surface area contributed by atoms with Gasteiger partial charge in [-0.3, -0.25) is 9.59 Å². The highest BCUT2D eigenvalue weighted by atomic mass is 35.5. The largest absolute Gasteiger partial charge is 0.456 e.